The second-order valence-electron chi connectivity index (χ2n) is 6.23. The molecule has 1 amide bonds. The zero-order valence-electron chi connectivity index (χ0n) is 14.3. The van der Waals surface area contributed by atoms with Crippen molar-refractivity contribution in [2.45, 2.75) is 12.8 Å². The highest BCUT2D eigenvalue weighted by Gasteiger charge is 2.25. The number of ether oxygens (including phenoxy) is 2. The summed E-state index contributed by atoms with van der Waals surface area (Å²) in [5, 5.41) is 0. The Labute approximate surface area is 147 Å². The first-order chi connectivity index (χ1) is 12.2. The normalized spacial score (nSPS) is 17.2. The summed E-state index contributed by atoms with van der Waals surface area (Å²) in [7, 11) is 1.60. The van der Waals surface area contributed by atoms with Gasteiger partial charge >= 0.3 is 0 Å². The van der Waals surface area contributed by atoms with Gasteiger partial charge in [-0.3, -0.25) is 4.79 Å². The lowest BCUT2D eigenvalue weighted by Crippen LogP contribution is -2.41. The number of methoxy groups -OCH3 is 1. The molecule has 0 aliphatic carbocycles. The number of benzene rings is 2. The summed E-state index contributed by atoms with van der Waals surface area (Å²) in [6, 6.07) is 13.5. The molecule has 0 spiro atoms. The van der Waals surface area contributed by atoms with Crippen LogP contribution in [0.25, 0.3) is 0 Å². The summed E-state index contributed by atoms with van der Waals surface area (Å²) < 4.78 is 24.4. The summed E-state index contributed by atoms with van der Waals surface area (Å²) in [5.41, 5.74) is 0.650. The summed E-state index contributed by atoms with van der Waals surface area (Å²) in [6.07, 6.45) is 1.90. The molecule has 0 N–H and O–H groups in total. The molecule has 1 atom stereocenters. The molecule has 0 aromatic heterocycles. The first-order valence-corrected chi connectivity index (χ1v) is 8.48. The molecule has 132 valence electrons. The molecule has 3 rings (SSSR count). The Hall–Kier alpha value is -2.56. The van der Waals surface area contributed by atoms with Crippen LogP contribution in [-0.4, -0.2) is 37.6 Å². The van der Waals surface area contributed by atoms with Crippen molar-refractivity contribution in [1.29, 1.82) is 0 Å². The minimum Gasteiger partial charge on any atom is -0.497 e. The second-order valence-corrected chi connectivity index (χ2v) is 6.23. The van der Waals surface area contributed by atoms with E-state index in [1.807, 2.05) is 4.90 Å². The molecule has 25 heavy (non-hydrogen) atoms. The average Bonchev–Trinajstić information content (AvgIpc) is 2.67. The maximum atomic E-state index is 13.6. The van der Waals surface area contributed by atoms with Gasteiger partial charge in [0, 0.05) is 24.6 Å². The standard InChI is InChI=1S/C20H22FNO3/c1-24-17-10-8-16(9-11-17)20(23)22-12-4-5-15(13-22)14-25-19-7-3-2-6-18(19)21/h2-3,6-11,15H,4-5,12-14H2,1H3. The van der Waals surface area contributed by atoms with Crippen molar-refractivity contribution in [2.24, 2.45) is 5.92 Å². The van der Waals surface area contributed by atoms with Crippen LogP contribution < -0.4 is 9.47 Å². The maximum Gasteiger partial charge on any atom is 0.253 e. The van der Waals surface area contributed by atoms with Crippen molar-refractivity contribution in [3.05, 3.63) is 59.9 Å². The van der Waals surface area contributed by atoms with Crippen molar-refractivity contribution in [3.8, 4) is 11.5 Å². The minimum absolute atomic E-state index is 0.0123. The molecule has 5 heteroatoms. The van der Waals surface area contributed by atoms with Crippen molar-refractivity contribution in [1.82, 2.24) is 4.90 Å². The van der Waals surface area contributed by atoms with Gasteiger partial charge in [-0.25, -0.2) is 4.39 Å². The highest BCUT2D eigenvalue weighted by Crippen LogP contribution is 2.22. The quantitative estimate of drug-likeness (QED) is 0.830. The van der Waals surface area contributed by atoms with Crippen LogP contribution in [0.3, 0.4) is 0 Å². The molecular weight excluding hydrogens is 321 g/mol. The second kappa shape index (κ2) is 8.01. The fourth-order valence-electron chi connectivity index (χ4n) is 3.07. The molecular formula is C20H22FNO3. The lowest BCUT2D eigenvalue weighted by Gasteiger charge is -2.32. The molecule has 1 aliphatic rings. The van der Waals surface area contributed by atoms with Crippen LogP contribution >= 0.6 is 0 Å². The van der Waals surface area contributed by atoms with Gasteiger partial charge in [-0.2, -0.15) is 0 Å². The Morgan fingerprint density at radius 1 is 1.20 bits per heavy atom. The Kier molecular flexibility index (Phi) is 5.53. The van der Waals surface area contributed by atoms with Crippen LogP contribution in [0.1, 0.15) is 23.2 Å². The lowest BCUT2D eigenvalue weighted by atomic mass is 9.98. The van der Waals surface area contributed by atoms with E-state index < -0.39 is 0 Å². The van der Waals surface area contributed by atoms with Gasteiger partial charge in [0.15, 0.2) is 11.6 Å². The van der Waals surface area contributed by atoms with Crippen LogP contribution in [0, 0.1) is 11.7 Å². The fraction of sp³-hybridized carbons (Fsp3) is 0.350. The molecule has 0 bridgehead atoms. The maximum absolute atomic E-state index is 13.6. The molecule has 2 aromatic carbocycles. The van der Waals surface area contributed by atoms with Crippen LogP contribution in [-0.2, 0) is 0 Å². The third-order valence-corrected chi connectivity index (χ3v) is 4.45. The van der Waals surface area contributed by atoms with Crippen LogP contribution in [0.15, 0.2) is 48.5 Å². The molecule has 0 saturated carbocycles. The SMILES string of the molecule is COc1ccc(C(=O)N2CCCC(COc3ccccc3F)C2)cc1. The van der Waals surface area contributed by atoms with Gasteiger partial charge in [0.1, 0.15) is 5.75 Å². The Balaban J connectivity index is 1.58. The first kappa shape index (κ1) is 17.3. The monoisotopic (exact) mass is 343 g/mol. The van der Waals surface area contributed by atoms with E-state index in [2.05, 4.69) is 0 Å². The average molecular weight is 343 g/mol. The molecule has 1 fully saturated rings. The largest absolute Gasteiger partial charge is 0.497 e. The molecule has 1 heterocycles. The summed E-state index contributed by atoms with van der Waals surface area (Å²) in [5.74, 6) is 0.853. The molecule has 1 aliphatic heterocycles. The van der Waals surface area contributed by atoms with Crippen LogP contribution in [0.2, 0.25) is 0 Å². The number of rotatable bonds is 5. The number of hydrogen-bond donors (Lipinski definition) is 0. The van der Waals surface area contributed by atoms with E-state index in [1.165, 1.54) is 6.07 Å². The third-order valence-electron chi connectivity index (χ3n) is 4.45. The van der Waals surface area contributed by atoms with Gasteiger partial charge in [-0.15, -0.1) is 0 Å². The first-order valence-electron chi connectivity index (χ1n) is 8.48. The van der Waals surface area contributed by atoms with Gasteiger partial charge in [0.25, 0.3) is 5.91 Å². The molecule has 1 unspecified atom stereocenters. The summed E-state index contributed by atoms with van der Waals surface area (Å²) >= 11 is 0. The molecule has 4 nitrogen and oxygen atoms in total. The smallest absolute Gasteiger partial charge is 0.253 e. The number of likely N-dealkylation sites (tertiary alicyclic amines) is 1. The zero-order valence-corrected chi connectivity index (χ0v) is 14.3. The van der Waals surface area contributed by atoms with E-state index in [-0.39, 0.29) is 23.4 Å². The fourth-order valence-corrected chi connectivity index (χ4v) is 3.07. The molecule has 1 saturated heterocycles. The van der Waals surface area contributed by atoms with Crippen molar-refractivity contribution < 1.29 is 18.7 Å². The van der Waals surface area contributed by atoms with E-state index >= 15 is 0 Å². The number of amides is 1. The lowest BCUT2D eigenvalue weighted by molar-refractivity contribution is 0.0631. The highest BCUT2D eigenvalue weighted by molar-refractivity contribution is 5.94. The number of carbonyl (C=O) groups is 1. The van der Waals surface area contributed by atoms with Gasteiger partial charge < -0.3 is 14.4 Å². The number of piperidine rings is 1. The zero-order chi connectivity index (χ0) is 17.6. The predicted molar refractivity (Wildman–Crippen MR) is 93.5 cm³/mol. The number of carbonyl (C=O) groups excluding carboxylic acids is 1. The van der Waals surface area contributed by atoms with Gasteiger partial charge in [-0.1, -0.05) is 12.1 Å². The molecule has 2 aromatic rings. The van der Waals surface area contributed by atoms with E-state index in [9.17, 15) is 9.18 Å². The Morgan fingerprint density at radius 2 is 1.96 bits per heavy atom. The number of nitrogens with zero attached hydrogens (tertiary/aromatic N) is 1. The summed E-state index contributed by atoms with van der Waals surface area (Å²) in [4.78, 5) is 14.5. The molecule has 0 radical (unpaired) electrons. The number of hydrogen-bond acceptors (Lipinski definition) is 3. The van der Waals surface area contributed by atoms with E-state index in [0.29, 0.717) is 18.7 Å². The van der Waals surface area contributed by atoms with Crippen LogP contribution in [0.5, 0.6) is 11.5 Å². The third kappa shape index (κ3) is 4.29. The van der Waals surface area contributed by atoms with Gasteiger partial charge in [-0.05, 0) is 49.2 Å². The van der Waals surface area contributed by atoms with E-state index in [4.69, 9.17) is 9.47 Å². The van der Waals surface area contributed by atoms with Gasteiger partial charge in [0.05, 0.1) is 13.7 Å². The highest BCUT2D eigenvalue weighted by atomic mass is 19.1. The Bertz CT molecular complexity index is 717. The number of para-hydroxylation sites is 1. The van der Waals surface area contributed by atoms with Crippen LogP contribution in [0.4, 0.5) is 4.39 Å². The Morgan fingerprint density at radius 3 is 2.68 bits per heavy atom. The van der Waals surface area contributed by atoms with Gasteiger partial charge in [0.2, 0.25) is 0 Å². The van der Waals surface area contributed by atoms with Crippen molar-refractivity contribution in [2.75, 3.05) is 26.8 Å². The minimum atomic E-state index is -0.357. The predicted octanol–water partition coefficient (Wildman–Crippen LogP) is 3.77. The summed E-state index contributed by atoms with van der Waals surface area (Å²) in [6.45, 7) is 1.77. The van der Waals surface area contributed by atoms with Crippen molar-refractivity contribution in [3.63, 3.8) is 0 Å². The van der Waals surface area contributed by atoms with E-state index in [1.54, 1.807) is 49.6 Å². The number of halogens is 1. The van der Waals surface area contributed by atoms with E-state index in [0.717, 1.165) is 25.1 Å². The topological polar surface area (TPSA) is 38.8 Å². The van der Waals surface area contributed by atoms with Crippen molar-refractivity contribution >= 4 is 5.91 Å².